The summed E-state index contributed by atoms with van der Waals surface area (Å²) in [6.45, 7) is 11.9. The van der Waals surface area contributed by atoms with Crippen molar-refractivity contribution in [2.75, 3.05) is 13.2 Å². The molecule has 2 aromatic carbocycles. The molecule has 0 bridgehead atoms. The third-order valence-corrected chi connectivity index (χ3v) is 6.54. The maximum absolute atomic E-state index is 12.2. The van der Waals surface area contributed by atoms with E-state index in [-0.39, 0.29) is 5.56 Å². The largest absolute Gasteiger partial charge is 0.493 e. The summed E-state index contributed by atoms with van der Waals surface area (Å²) in [6, 6.07) is 7.64. The van der Waals surface area contributed by atoms with Crippen LogP contribution < -0.4 is 9.47 Å². The van der Waals surface area contributed by atoms with Crippen molar-refractivity contribution in [1.82, 2.24) is 0 Å². The number of carboxylic acid groups (broad SMARTS) is 1. The van der Waals surface area contributed by atoms with E-state index < -0.39 is 5.97 Å². The number of benzene rings is 2. The van der Waals surface area contributed by atoms with Gasteiger partial charge in [-0.1, -0.05) is 84.4 Å². The number of carbonyl (C=O) groups is 1. The number of aryl methyl sites for hydroxylation is 1. The summed E-state index contributed by atoms with van der Waals surface area (Å²) in [5.74, 6) is 1.04. The molecule has 0 amide bonds. The van der Waals surface area contributed by atoms with Gasteiger partial charge in [0.15, 0.2) is 0 Å². The van der Waals surface area contributed by atoms with Gasteiger partial charge < -0.3 is 14.6 Å². The lowest BCUT2D eigenvalue weighted by Gasteiger charge is -2.21. The molecule has 0 saturated carbocycles. The molecule has 2 aromatic rings. The Morgan fingerprint density at radius 3 is 2.06 bits per heavy atom. The van der Waals surface area contributed by atoms with E-state index in [2.05, 4.69) is 27.7 Å². The highest BCUT2D eigenvalue weighted by molar-refractivity contribution is 6.04. The van der Waals surface area contributed by atoms with Gasteiger partial charge in [-0.05, 0) is 43.2 Å². The first-order valence-electron chi connectivity index (χ1n) is 12.5. The van der Waals surface area contributed by atoms with Crippen molar-refractivity contribution in [2.45, 2.75) is 86.0 Å². The van der Waals surface area contributed by atoms with Crippen LogP contribution in [0.5, 0.6) is 11.5 Å². The Labute approximate surface area is 194 Å². The first kappa shape index (κ1) is 26.0. The Balaban J connectivity index is 2.41. The van der Waals surface area contributed by atoms with Gasteiger partial charge in [-0.2, -0.15) is 0 Å². The normalized spacial score (nSPS) is 13.2. The van der Waals surface area contributed by atoms with Gasteiger partial charge >= 0.3 is 5.97 Å². The molecule has 0 aromatic heterocycles. The molecule has 0 saturated heterocycles. The summed E-state index contributed by atoms with van der Waals surface area (Å²) in [6.07, 6.45) is 8.99. The van der Waals surface area contributed by atoms with Crippen molar-refractivity contribution < 1.29 is 19.4 Å². The average molecular weight is 443 g/mol. The van der Waals surface area contributed by atoms with Gasteiger partial charge in [-0.15, -0.1) is 0 Å². The van der Waals surface area contributed by atoms with Crippen LogP contribution in [0.25, 0.3) is 10.8 Å². The predicted molar refractivity (Wildman–Crippen MR) is 133 cm³/mol. The maximum atomic E-state index is 12.2. The van der Waals surface area contributed by atoms with Crippen LogP contribution in [-0.4, -0.2) is 24.3 Å². The number of hydrogen-bond donors (Lipinski definition) is 1. The minimum absolute atomic E-state index is 0.185. The topological polar surface area (TPSA) is 55.8 Å². The van der Waals surface area contributed by atoms with Crippen molar-refractivity contribution in [3.05, 3.63) is 35.4 Å². The van der Waals surface area contributed by atoms with E-state index in [1.165, 1.54) is 12.8 Å². The molecule has 0 heterocycles. The van der Waals surface area contributed by atoms with Crippen molar-refractivity contribution in [1.29, 1.82) is 0 Å². The molecule has 0 spiro atoms. The molecular weight excluding hydrogens is 400 g/mol. The summed E-state index contributed by atoms with van der Waals surface area (Å²) >= 11 is 0. The number of carboxylic acids is 1. The summed E-state index contributed by atoms with van der Waals surface area (Å²) in [5.41, 5.74) is 1.25. The molecule has 32 heavy (non-hydrogen) atoms. The highest BCUT2D eigenvalue weighted by Crippen LogP contribution is 2.39. The van der Waals surface area contributed by atoms with Gasteiger partial charge in [0.25, 0.3) is 0 Å². The zero-order valence-electron chi connectivity index (χ0n) is 20.7. The molecule has 0 aliphatic heterocycles. The second kappa shape index (κ2) is 13.3. The molecule has 2 unspecified atom stereocenters. The number of fused-ring (bicyclic) bond motifs is 1. The second-order valence-corrected chi connectivity index (χ2v) is 9.01. The van der Waals surface area contributed by atoms with Gasteiger partial charge in [-0.3, -0.25) is 0 Å². The van der Waals surface area contributed by atoms with E-state index in [1.54, 1.807) is 6.07 Å². The molecule has 4 nitrogen and oxygen atoms in total. The van der Waals surface area contributed by atoms with Crippen LogP contribution >= 0.6 is 0 Å². The summed E-state index contributed by atoms with van der Waals surface area (Å²) in [5, 5.41) is 11.8. The maximum Gasteiger partial charge on any atom is 0.339 e. The lowest BCUT2D eigenvalue weighted by molar-refractivity contribution is 0.0690. The third-order valence-electron chi connectivity index (χ3n) is 6.54. The van der Waals surface area contributed by atoms with Crippen LogP contribution in [0, 0.1) is 18.8 Å². The van der Waals surface area contributed by atoms with Crippen molar-refractivity contribution >= 4 is 16.7 Å². The van der Waals surface area contributed by atoms with E-state index in [1.807, 2.05) is 25.1 Å². The molecule has 0 aliphatic carbocycles. The number of hydrogen-bond acceptors (Lipinski definition) is 3. The van der Waals surface area contributed by atoms with Gasteiger partial charge in [0.2, 0.25) is 0 Å². The fourth-order valence-electron chi connectivity index (χ4n) is 4.23. The van der Waals surface area contributed by atoms with E-state index >= 15 is 0 Å². The Hall–Kier alpha value is -2.23. The minimum Gasteiger partial charge on any atom is -0.493 e. The van der Waals surface area contributed by atoms with Crippen LogP contribution in [0.2, 0.25) is 0 Å². The van der Waals surface area contributed by atoms with Crippen LogP contribution in [0.15, 0.2) is 24.3 Å². The quantitative estimate of drug-likeness (QED) is 0.303. The molecule has 178 valence electrons. The number of aromatic carboxylic acids is 1. The van der Waals surface area contributed by atoms with E-state index in [0.29, 0.717) is 36.5 Å². The second-order valence-electron chi connectivity index (χ2n) is 9.01. The van der Waals surface area contributed by atoms with Crippen molar-refractivity contribution in [3.63, 3.8) is 0 Å². The molecule has 4 heteroatoms. The van der Waals surface area contributed by atoms with Crippen LogP contribution in [0.3, 0.4) is 0 Å². The molecule has 0 radical (unpaired) electrons. The lowest BCUT2D eigenvalue weighted by Crippen LogP contribution is -2.15. The van der Waals surface area contributed by atoms with Gasteiger partial charge in [0.1, 0.15) is 17.1 Å². The zero-order valence-corrected chi connectivity index (χ0v) is 20.7. The fourth-order valence-corrected chi connectivity index (χ4v) is 4.23. The van der Waals surface area contributed by atoms with Crippen molar-refractivity contribution in [2.24, 2.45) is 11.8 Å². The SMILES string of the molecule is CCCCC(CC)COc1c(C(=O)O)cc(OCC(CC)CCCC)c2c(C)cccc12. The predicted octanol–water partition coefficient (Wildman–Crippen LogP) is 8.04. The van der Waals surface area contributed by atoms with Gasteiger partial charge in [0.05, 0.1) is 13.2 Å². The summed E-state index contributed by atoms with van der Waals surface area (Å²) in [7, 11) is 0. The van der Waals surface area contributed by atoms with Gasteiger partial charge in [-0.25, -0.2) is 4.79 Å². The minimum atomic E-state index is -0.979. The number of unbranched alkanes of at least 4 members (excludes halogenated alkanes) is 2. The fraction of sp³-hybridized carbons (Fsp3) is 0.607. The highest BCUT2D eigenvalue weighted by atomic mass is 16.5. The van der Waals surface area contributed by atoms with Crippen molar-refractivity contribution in [3.8, 4) is 11.5 Å². The first-order valence-corrected chi connectivity index (χ1v) is 12.5. The molecule has 0 aliphatic rings. The van der Waals surface area contributed by atoms with E-state index in [0.717, 1.165) is 54.9 Å². The van der Waals surface area contributed by atoms with E-state index in [9.17, 15) is 9.90 Å². The smallest absolute Gasteiger partial charge is 0.339 e. The molecule has 2 rings (SSSR count). The highest BCUT2D eigenvalue weighted by Gasteiger charge is 2.22. The van der Waals surface area contributed by atoms with Crippen LogP contribution in [0.1, 0.15) is 95.0 Å². The Kier molecular flexibility index (Phi) is 10.9. The molecule has 0 fully saturated rings. The molecule has 2 atom stereocenters. The van der Waals surface area contributed by atoms with Gasteiger partial charge in [0, 0.05) is 10.8 Å². The average Bonchev–Trinajstić information content (AvgIpc) is 2.79. The number of rotatable bonds is 15. The lowest BCUT2D eigenvalue weighted by atomic mass is 9.98. The zero-order chi connectivity index (χ0) is 23.5. The van der Waals surface area contributed by atoms with Crippen LogP contribution in [-0.2, 0) is 0 Å². The Morgan fingerprint density at radius 2 is 1.53 bits per heavy atom. The molecular formula is C28H42O4. The van der Waals surface area contributed by atoms with Crippen LogP contribution in [0.4, 0.5) is 0 Å². The summed E-state index contributed by atoms with van der Waals surface area (Å²) in [4.78, 5) is 12.2. The van der Waals surface area contributed by atoms with E-state index in [4.69, 9.17) is 9.47 Å². The third kappa shape index (κ3) is 6.88. The summed E-state index contributed by atoms with van der Waals surface area (Å²) < 4.78 is 12.5. The first-order chi connectivity index (χ1) is 15.5. The standard InChI is InChI=1S/C28H42O4/c1-6-10-14-21(8-3)18-31-25-17-24(28(29)30)27(23-16-12-13-20(5)26(23)25)32-19-22(9-4)15-11-7-2/h12-13,16-17,21-22H,6-11,14-15,18-19H2,1-5H3,(H,29,30). The monoisotopic (exact) mass is 442 g/mol. The number of ether oxygens (including phenoxy) is 2. The Bertz CT molecular complexity index is 858. The molecule has 1 N–H and O–H groups in total. The Morgan fingerprint density at radius 1 is 0.938 bits per heavy atom.